The summed E-state index contributed by atoms with van der Waals surface area (Å²) in [6.07, 6.45) is 3.00. The van der Waals surface area contributed by atoms with Crippen molar-refractivity contribution in [1.82, 2.24) is 15.2 Å². The van der Waals surface area contributed by atoms with Gasteiger partial charge in [0, 0.05) is 25.3 Å². The van der Waals surface area contributed by atoms with Crippen LogP contribution in [0.5, 0.6) is 0 Å². The van der Waals surface area contributed by atoms with Crippen molar-refractivity contribution in [3.05, 3.63) is 29.4 Å². The lowest BCUT2D eigenvalue weighted by molar-refractivity contribution is 0.0919. The molecule has 2 saturated heterocycles. The quantitative estimate of drug-likeness (QED) is 0.906. The first-order valence-electron chi connectivity index (χ1n) is 6.66. The molecule has 4 nitrogen and oxygen atoms in total. The molecule has 1 N–H and O–H groups in total. The average molecular weight is 273 g/mol. The number of nitrogens with zero attached hydrogens (tertiary/aromatic N) is 2. The van der Waals surface area contributed by atoms with E-state index >= 15 is 0 Å². The monoisotopic (exact) mass is 273 g/mol. The highest BCUT2D eigenvalue weighted by molar-refractivity contribution is 7.17. The average Bonchev–Trinajstić information content (AvgIpc) is 3.13. The van der Waals surface area contributed by atoms with Crippen LogP contribution in [-0.2, 0) is 0 Å². The zero-order valence-corrected chi connectivity index (χ0v) is 11.3. The third kappa shape index (κ3) is 1.93. The maximum absolute atomic E-state index is 12.3. The number of carbonyl (C=O) groups is 1. The number of piperidine rings is 1. The Hall–Kier alpha value is -1.46. The van der Waals surface area contributed by atoms with E-state index in [4.69, 9.17) is 0 Å². The molecular formula is C14H15N3OS. The second-order valence-corrected chi connectivity index (χ2v) is 6.36. The highest BCUT2D eigenvalue weighted by Gasteiger charge is 2.38. The number of rotatable bonds is 2. The van der Waals surface area contributed by atoms with Gasteiger partial charge in [0.2, 0.25) is 0 Å². The molecule has 5 heteroatoms. The van der Waals surface area contributed by atoms with Crippen LogP contribution in [0.15, 0.2) is 23.7 Å². The highest BCUT2D eigenvalue weighted by Crippen LogP contribution is 2.28. The topological polar surface area (TPSA) is 45.2 Å². The third-order valence-corrected chi connectivity index (χ3v) is 5.09. The Morgan fingerprint density at radius 2 is 2.42 bits per heavy atom. The van der Waals surface area contributed by atoms with Gasteiger partial charge in [-0.3, -0.25) is 4.79 Å². The molecule has 0 saturated carbocycles. The fourth-order valence-corrected chi connectivity index (χ4v) is 3.92. The Labute approximate surface area is 115 Å². The zero-order valence-electron chi connectivity index (χ0n) is 10.5. The Morgan fingerprint density at radius 1 is 1.47 bits per heavy atom. The molecule has 4 heterocycles. The third-order valence-electron chi connectivity index (χ3n) is 4.22. The molecule has 98 valence electrons. The van der Waals surface area contributed by atoms with Gasteiger partial charge >= 0.3 is 0 Å². The molecule has 3 atom stereocenters. The summed E-state index contributed by atoms with van der Waals surface area (Å²) in [7, 11) is 0. The van der Waals surface area contributed by atoms with Crippen molar-refractivity contribution < 1.29 is 4.79 Å². The van der Waals surface area contributed by atoms with Gasteiger partial charge in [-0.15, -0.1) is 11.3 Å². The molecule has 2 unspecified atom stereocenters. The van der Waals surface area contributed by atoms with Gasteiger partial charge in [-0.1, -0.05) is 0 Å². The molecule has 19 heavy (non-hydrogen) atoms. The molecule has 2 aliphatic rings. The lowest BCUT2D eigenvalue weighted by atomic mass is 10.00. The number of thiophene rings is 1. The Balaban J connectivity index is 1.53. The molecule has 4 rings (SSSR count). The van der Waals surface area contributed by atoms with Gasteiger partial charge < -0.3 is 10.2 Å². The molecule has 2 aromatic rings. The van der Waals surface area contributed by atoms with Gasteiger partial charge in [0.15, 0.2) is 0 Å². The maximum atomic E-state index is 12.3. The Morgan fingerprint density at radius 3 is 3.21 bits per heavy atom. The number of fused-ring (bicyclic) bond motifs is 3. The second-order valence-electron chi connectivity index (χ2n) is 5.42. The molecule has 0 radical (unpaired) electrons. The number of hydrogen-bond acceptors (Lipinski definition) is 4. The number of carbonyl (C=O) groups excluding carboxylic acids is 1. The molecule has 2 fully saturated rings. The number of aromatic nitrogens is 1. The van der Waals surface area contributed by atoms with E-state index in [9.17, 15) is 4.79 Å². The van der Waals surface area contributed by atoms with Crippen molar-refractivity contribution in [2.24, 2.45) is 5.92 Å². The summed E-state index contributed by atoms with van der Waals surface area (Å²) in [5.41, 5.74) is 0.531. The molecule has 0 aliphatic carbocycles. The minimum Gasteiger partial charge on any atom is -0.346 e. The molecule has 2 aromatic heterocycles. The minimum absolute atomic E-state index is 0.0353. The van der Waals surface area contributed by atoms with E-state index in [1.165, 1.54) is 13.0 Å². The molecular weight excluding hydrogens is 258 g/mol. The van der Waals surface area contributed by atoms with Crippen LogP contribution < -0.4 is 5.32 Å². The summed E-state index contributed by atoms with van der Waals surface area (Å²) >= 11 is 1.65. The van der Waals surface area contributed by atoms with Gasteiger partial charge in [0.05, 0.1) is 4.70 Å². The van der Waals surface area contributed by atoms with E-state index in [2.05, 4.69) is 15.2 Å². The fraction of sp³-hybridized carbons (Fsp3) is 0.429. The normalized spacial score (nSPS) is 28.9. The molecule has 1 amide bonds. The van der Waals surface area contributed by atoms with Gasteiger partial charge in [0.1, 0.15) is 5.69 Å². The summed E-state index contributed by atoms with van der Waals surface area (Å²) in [5.74, 6) is 0.598. The second kappa shape index (κ2) is 4.28. The number of nitrogens with one attached hydrogen (secondary N) is 1. The molecule has 0 aromatic carbocycles. The standard InChI is InChI=1S/C14H15N3OS/c18-14(16-12-8-17-3-1-10(12)7-17)11-5-9-2-4-19-13(9)6-15-11/h2,4-6,10,12H,1,3,7-8H2,(H,16,18)/t10?,12-/m1/s1. The molecule has 0 spiro atoms. The largest absolute Gasteiger partial charge is 0.346 e. The van der Waals surface area contributed by atoms with Crippen molar-refractivity contribution in [1.29, 1.82) is 0 Å². The van der Waals surface area contributed by atoms with Gasteiger partial charge in [-0.25, -0.2) is 4.98 Å². The highest BCUT2D eigenvalue weighted by atomic mass is 32.1. The smallest absolute Gasteiger partial charge is 0.270 e. The lowest BCUT2D eigenvalue weighted by Gasteiger charge is -2.22. The first-order chi connectivity index (χ1) is 9.29. The molecule has 2 aliphatic heterocycles. The van der Waals surface area contributed by atoms with E-state index in [0.29, 0.717) is 17.7 Å². The molecule has 2 bridgehead atoms. The van der Waals surface area contributed by atoms with Crippen molar-refractivity contribution >= 4 is 27.3 Å². The van der Waals surface area contributed by atoms with Crippen molar-refractivity contribution in [3.63, 3.8) is 0 Å². The number of hydrogen-bond donors (Lipinski definition) is 1. The van der Waals surface area contributed by atoms with E-state index in [1.54, 1.807) is 17.5 Å². The van der Waals surface area contributed by atoms with Crippen molar-refractivity contribution in [2.75, 3.05) is 19.6 Å². The van der Waals surface area contributed by atoms with E-state index < -0.39 is 0 Å². The predicted molar refractivity (Wildman–Crippen MR) is 75.4 cm³/mol. The Kier molecular flexibility index (Phi) is 2.56. The van der Waals surface area contributed by atoms with Crippen molar-refractivity contribution in [3.8, 4) is 0 Å². The van der Waals surface area contributed by atoms with Crippen LogP contribution in [0.3, 0.4) is 0 Å². The minimum atomic E-state index is -0.0353. The SMILES string of the molecule is O=C(N[C@@H]1CN2CCC1C2)c1cc2ccsc2cn1. The first kappa shape index (κ1) is 11.4. The fourth-order valence-electron chi connectivity index (χ4n) is 3.18. The summed E-state index contributed by atoms with van der Waals surface area (Å²) < 4.78 is 1.13. The van der Waals surface area contributed by atoms with Crippen molar-refractivity contribution in [2.45, 2.75) is 12.5 Å². The van der Waals surface area contributed by atoms with Crippen LogP contribution in [0.1, 0.15) is 16.9 Å². The van der Waals surface area contributed by atoms with E-state index in [-0.39, 0.29) is 5.91 Å². The lowest BCUT2D eigenvalue weighted by Crippen LogP contribution is -2.43. The predicted octanol–water partition coefficient (Wildman–Crippen LogP) is 1.73. The van der Waals surface area contributed by atoms with Crippen LogP contribution in [0.25, 0.3) is 10.1 Å². The van der Waals surface area contributed by atoms with Crippen LogP contribution in [0.2, 0.25) is 0 Å². The summed E-state index contributed by atoms with van der Waals surface area (Å²) in [5, 5.41) is 6.27. The summed E-state index contributed by atoms with van der Waals surface area (Å²) in [6.45, 7) is 3.33. The number of pyridine rings is 1. The first-order valence-corrected chi connectivity index (χ1v) is 7.54. The van der Waals surface area contributed by atoms with Crippen LogP contribution in [-0.4, -0.2) is 41.5 Å². The van der Waals surface area contributed by atoms with Gasteiger partial charge in [-0.05, 0) is 41.8 Å². The maximum Gasteiger partial charge on any atom is 0.270 e. The summed E-state index contributed by atoms with van der Waals surface area (Å²) in [6, 6.07) is 4.22. The van der Waals surface area contributed by atoms with Gasteiger partial charge in [-0.2, -0.15) is 0 Å². The Bertz CT molecular complexity index is 638. The van der Waals surface area contributed by atoms with Crippen LogP contribution >= 0.6 is 11.3 Å². The number of amides is 1. The van der Waals surface area contributed by atoms with Crippen LogP contribution in [0.4, 0.5) is 0 Å². The summed E-state index contributed by atoms with van der Waals surface area (Å²) in [4.78, 5) is 18.9. The van der Waals surface area contributed by atoms with E-state index in [1.807, 2.05) is 17.5 Å². The zero-order chi connectivity index (χ0) is 12.8. The van der Waals surface area contributed by atoms with Gasteiger partial charge in [0.25, 0.3) is 5.91 Å². The van der Waals surface area contributed by atoms with Crippen LogP contribution in [0, 0.1) is 5.92 Å². The van der Waals surface area contributed by atoms with E-state index in [0.717, 1.165) is 23.2 Å².